The summed E-state index contributed by atoms with van der Waals surface area (Å²) in [7, 11) is 0. The number of ketones is 2. The number of hydrogen-bond donors (Lipinski definition) is 1. The Hall–Kier alpha value is -1.45. The minimum absolute atomic E-state index is 0.105. The molecule has 0 heterocycles. The zero-order chi connectivity index (χ0) is 20.4. The Bertz CT molecular complexity index is 800. The van der Waals surface area contributed by atoms with Crippen LogP contribution in [0.4, 0.5) is 0 Å². The Morgan fingerprint density at radius 1 is 1.14 bits per heavy atom. The van der Waals surface area contributed by atoms with Gasteiger partial charge >= 0.3 is 0 Å². The van der Waals surface area contributed by atoms with Gasteiger partial charge in [0.25, 0.3) is 0 Å². The number of carbonyl (C=O) groups is 2. The molecule has 0 unspecified atom stereocenters. The molecule has 0 bridgehead atoms. The normalized spacial score (nSPS) is 49.0. The summed E-state index contributed by atoms with van der Waals surface area (Å²) in [6.07, 6.45) is 15.2. The molecule has 4 heteroatoms. The lowest BCUT2D eigenvalue weighted by atomic mass is 9.43. The second kappa shape index (κ2) is 6.52. The highest BCUT2D eigenvalue weighted by Crippen LogP contribution is 2.73. The van der Waals surface area contributed by atoms with Crippen LogP contribution in [0.2, 0.25) is 0 Å². The maximum atomic E-state index is 13.2. The summed E-state index contributed by atoms with van der Waals surface area (Å²) in [6, 6.07) is 0. The van der Waals surface area contributed by atoms with Crippen molar-refractivity contribution in [3.8, 4) is 0 Å². The molecule has 0 saturated heterocycles. The van der Waals surface area contributed by atoms with E-state index in [-0.39, 0.29) is 22.0 Å². The standard InChI is InChI=1S/C25H35NO3/c1-16(27)25-10-4-3-5-18(25)14-22-20-7-6-17-13-19(28)8-12-24(17,15-26-29)21(20)9-11-23(22,25)2/h13,15,18,20-22,29H,3-12,14H2,1-2H3/b26-15+/t18-,20-,21+,22+,23+,24-,25+/m1/s1. The van der Waals surface area contributed by atoms with Crippen molar-refractivity contribution in [2.75, 3.05) is 0 Å². The molecule has 0 aliphatic heterocycles. The van der Waals surface area contributed by atoms with E-state index in [4.69, 9.17) is 0 Å². The lowest BCUT2D eigenvalue weighted by Crippen LogP contribution is -2.56. The van der Waals surface area contributed by atoms with E-state index in [9.17, 15) is 14.8 Å². The summed E-state index contributed by atoms with van der Waals surface area (Å²) in [5, 5.41) is 13.1. The lowest BCUT2D eigenvalue weighted by molar-refractivity contribution is -0.147. The zero-order valence-electron chi connectivity index (χ0n) is 18.0. The highest BCUT2D eigenvalue weighted by Gasteiger charge is 2.69. The van der Waals surface area contributed by atoms with E-state index in [1.54, 1.807) is 6.21 Å². The van der Waals surface area contributed by atoms with Crippen molar-refractivity contribution in [3.05, 3.63) is 11.6 Å². The number of allylic oxidation sites excluding steroid dienone is 1. The fraction of sp³-hybridized carbons (Fsp3) is 0.800. The minimum atomic E-state index is -0.246. The largest absolute Gasteiger partial charge is 0.411 e. The van der Waals surface area contributed by atoms with Crippen LogP contribution in [-0.4, -0.2) is 23.0 Å². The van der Waals surface area contributed by atoms with Crippen LogP contribution >= 0.6 is 0 Å². The Labute approximate surface area is 174 Å². The number of Topliss-reactive ketones (excluding diaryl/α,β-unsaturated/α-hetero) is 1. The van der Waals surface area contributed by atoms with E-state index in [0.29, 0.717) is 35.9 Å². The van der Waals surface area contributed by atoms with Crippen LogP contribution in [0.3, 0.4) is 0 Å². The van der Waals surface area contributed by atoms with Gasteiger partial charge in [0, 0.05) is 17.3 Å². The first-order chi connectivity index (χ1) is 13.9. The van der Waals surface area contributed by atoms with Crippen molar-refractivity contribution in [2.45, 2.75) is 84.5 Å². The molecule has 29 heavy (non-hydrogen) atoms. The highest BCUT2D eigenvalue weighted by atomic mass is 16.4. The van der Waals surface area contributed by atoms with Gasteiger partial charge in [0.15, 0.2) is 5.78 Å². The van der Waals surface area contributed by atoms with E-state index in [2.05, 4.69) is 12.1 Å². The molecule has 158 valence electrons. The lowest BCUT2D eigenvalue weighted by Gasteiger charge is -2.60. The smallest absolute Gasteiger partial charge is 0.155 e. The molecule has 5 rings (SSSR count). The molecule has 0 aromatic carbocycles. The van der Waals surface area contributed by atoms with Crippen LogP contribution in [0.5, 0.6) is 0 Å². The molecule has 4 nitrogen and oxygen atoms in total. The zero-order valence-corrected chi connectivity index (χ0v) is 18.0. The second-order valence-electron chi connectivity index (χ2n) is 11.0. The molecule has 0 aromatic heterocycles. The third-order valence-corrected chi connectivity index (χ3v) is 10.5. The molecular formula is C25H35NO3. The Kier molecular flexibility index (Phi) is 4.39. The molecule has 4 saturated carbocycles. The summed E-state index contributed by atoms with van der Waals surface area (Å²) in [4.78, 5) is 25.3. The van der Waals surface area contributed by atoms with Crippen LogP contribution < -0.4 is 0 Å². The van der Waals surface area contributed by atoms with Crippen molar-refractivity contribution in [2.24, 2.45) is 45.1 Å². The minimum Gasteiger partial charge on any atom is -0.411 e. The van der Waals surface area contributed by atoms with Gasteiger partial charge in [0.2, 0.25) is 0 Å². The molecule has 0 spiro atoms. The first-order valence-corrected chi connectivity index (χ1v) is 11.8. The second-order valence-corrected chi connectivity index (χ2v) is 11.0. The number of carbonyl (C=O) groups excluding carboxylic acids is 2. The Morgan fingerprint density at radius 2 is 1.97 bits per heavy atom. The molecule has 0 amide bonds. The Balaban J connectivity index is 1.57. The van der Waals surface area contributed by atoms with E-state index in [0.717, 1.165) is 38.5 Å². The molecule has 5 aliphatic rings. The molecule has 7 atom stereocenters. The summed E-state index contributed by atoms with van der Waals surface area (Å²) < 4.78 is 0. The number of oxime groups is 1. The predicted molar refractivity (Wildman–Crippen MR) is 112 cm³/mol. The first-order valence-electron chi connectivity index (χ1n) is 11.8. The number of fused-ring (bicyclic) bond motifs is 7. The van der Waals surface area contributed by atoms with E-state index < -0.39 is 0 Å². The molecule has 5 aliphatic carbocycles. The molecular weight excluding hydrogens is 362 g/mol. The molecule has 0 aromatic rings. The summed E-state index contributed by atoms with van der Waals surface area (Å²) >= 11 is 0. The van der Waals surface area contributed by atoms with Crippen LogP contribution in [0, 0.1) is 39.9 Å². The van der Waals surface area contributed by atoms with Crippen LogP contribution in [0.25, 0.3) is 0 Å². The van der Waals surface area contributed by atoms with E-state index in [1.807, 2.05) is 13.0 Å². The third-order valence-electron chi connectivity index (χ3n) is 10.5. The van der Waals surface area contributed by atoms with Crippen molar-refractivity contribution >= 4 is 17.8 Å². The summed E-state index contributed by atoms with van der Waals surface area (Å²) in [5.74, 6) is 2.80. The topological polar surface area (TPSA) is 66.7 Å². The van der Waals surface area contributed by atoms with E-state index >= 15 is 0 Å². The van der Waals surface area contributed by atoms with Crippen molar-refractivity contribution in [1.29, 1.82) is 0 Å². The number of hydrogen-bond acceptors (Lipinski definition) is 4. The molecule has 4 fully saturated rings. The highest BCUT2D eigenvalue weighted by molar-refractivity contribution is 5.94. The van der Waals surface area contributed by atoms with Gasteiger partial charge in [-0.2, -0.15) is 0 Å². The SMILES string of the molecule is CC(=O)[C@@]12CCCC[C@@H]1C[C@H]1[C@@H]3CCC4=CC(=O)CC[C@]4(/C=N/O)[C@H]3CC[C@@]12C. The number of nitrogens with zero attached hydrogens (tertiary/aromatic N) is 1. The fourth-order valence-electron chi connectivity index (χ4n) is 9.41. The van der Waals surface area contributed by atoms with Crippen molar-refractivity contribution in [1.82, 2.24) is 0 Å². The van der Waals surface area contributed by atoms with Crippen LogP contribution in [0.1, 0.15) is 84.5 Å². The van der Waals surface area contributed by atoms with Gasteiger partial charge in [-0.1, -0.05) is 25.3 Å². The van der Waals surface area contributed by atoms with Crippen molar-refractivity contribution in [3.63, 3.8) is 0 Å². The average molecular weight is 398 g/mol. The van der Waals surface area contributed by atoms with Crippen LogP contribution in [-0.2, 0) is 9.59 Å². The summed E-state index contributed by atoms with van der Waals surface area (Å²) in [5.41, 5.74) is 0.948. The quantitative estimate of drug-likeness (QED) is 0.389. The van der Waals surface area contributed by atoms with Gasteiger partial charge in [0.05, 0.1) is 6.21 Å². The predicted octanol–water partition coefficient (Wildman–Crippen LogP) is 5.33. The fourth-order valence-corrected chi connectivity index (χ4v) is 9.41. The van der Waals surface area contributed by atoms with Gasteiger partial charge in [-0.15, -0.1) is 5.16 Å². The summed E-state index contributed by atoms with van der Waals surface area (Å²) in [6.45, 7) is 4.32. The van der Waals surface area contributed by atoms with Gasteiger partial charge in [0.1, 0.15) is 5.78 Å². The van der Waals surface area contributed by atoms with Gasteiger partial charge < -0.3 is 5.21 Å². The number of rotatable bonds is 2. The van der Waals surface area contributed by atoms with Crippen LogP contribution in [0.15, 0.2) is 16.8 Å². The van der Waals surface area contributed by atoms with Crippen molar-refractivity contribution < 1.29 is 14.8 Å². The first kappa shape index (κ1) is 19.5. The monoisotopic (exact) mass is 397 g/mol. The molecule has 0 radical (unpaired) electrons. The Morgan fingerprint density at radius 3 is 2.72 bits per heavy atom. The molecule has 1 N–H and O–H groups in total. The van der Waals surface area contributed by atoms with Gasteiger partial charge in [-0.25, -0.2) is 0 Å². The average Bonchev–Trinajstić information content (AvgIpc) is 2.98. The van der Waals surface area contributed by atoms with Gasteiger partial charge in [-0.05, 0) is 93.5 Å². The van der Waals surface area contributed by atoms with E-state index in [1.165, 1.54) is 31.3 Å². The maximum absolute atomic E-state index is 13.2. The third kappa shape index (κ3) is 2.35. The van der Waals surface area contributed by atoms with Gasteiger partial charge in [-0.3, -0.25) is 9.59 Å². The maximum Gasteiger partial charge on any atom is 0.155 e.